The van der Waals surface area contributed by atoms with Crippen LogP contribution in [0.4, 0.5) is 5.95 Å². The highest BCUT2D eigenvalue weighted by molar-refractivity contribution is 5.79. The first-order valence-electron chi connectivity index (χ1n) is 11.5. The molecule has 0 radical (unpaired) electrons. The van der Waals surface area contributed by atoms with Crippen LogP contribution in [0.1, 0.15) is 43.4 Å². The van der Waals surface area contributed by atoms with Crippen LogP contribution in [0.5, 0.6) is 0 Å². The van der Waals surface area contributed by atoms with E-state index >= 15 is 0 Å². The molecule has 8 nitrogen and oxygen atoms in total. The molecule has 1 amide bonds. The second-order valence-corrected chi connectivity index (χ2v) is 9.33. The van der Waals surface area contributed by atoms with Crippen molar-refractivity contribution in [3.63, 3.8) is 0 Å². The Morgan fingerprint density at radius 2 is 2.03 bits per heavy atom. The summed E-state index contributed by atoms with van der Waals surface area (Å²) < 4.78 is 11.4. The van der Waals surface area contributed by atoms with Crippen LogP contribution >= 0.6 is 0 Å². The van der Waals surface area contributed by atoms with Gasteiger partial charge in [0, 0.05) is 44.6 Å². The topological polar surface area (TPSA) is 79.8 Å². The number of aromatic nitrogens is 2. The highest BCUT2D eigenvalue weighted by atomic mass is 16.5. The van der Waals surface area contributed by atoms with E-state index in [9.17, 15) is 4.79 Å². The Labute approximate surface area is 178 Å². The Morgan fingerprint density at radius 1 is 1.20 bits per heavy atom. The van der Waals surface area contributed by atoms with Gasteiger partial charge in [-0.25, -0.2) is 9.97 Å². The lowest BCUT2D eigenvalue weighted by Gasteiger charge is -2.34. The molecule has 3 saturated heterocycles. The van der Waals surface area contributed by atoms with Gasteiger partial charge < -0.3 is 19.7 Å². The Morgan fingerprint density at radius 3 is 2.87 bits per heavy atom. The van der Waals surface area contributed by atoms with Crippen molar-refractivity contribution in [1.29, 1.82) is 0 Å². The molecule has 1 aromatic heterocycles. The monoisotopic (exact) mass is 415 g/mol. The van der Waals surface area contributed by atoms with E-state index in [1.54, 1.807) is 0 Å². The van der Waals surface area contributed by atoms with E-state index < -0.39 is 0 Å². The summed E-state index contributed by atoms with van der Waals surface area (Å²) in [5, 5.41) is 3.45. The largest absolute Gasteiger partial charge is 0.381 e. The van der Waals surface area contributed by atoms with Gasteiger partial charge in [0.25, 0.3) is 0 Å². The molecule has 0 bridgehead atoms. The van der Waals surface area contributed by atoms with Gasteiger partial charge in [0.2, 0.25) is 11.9 Å². The molecule has 5 heterocycles. The molecule has 4 aliphatic heterocycles. The number of carbonyl (C=O) groups excluding carboxylic acids is 1. The van der Waals surface area contributed by atoms with Crippen LogP contribution in [-0.2, 0) is 26.3 Å². The molecule has 1 atom stereocenters. The SMILES string of the molecule is O=C(CN1CCCC1)N1CC[C@@]2(COCc3cnc(NCC4CCOCC4)nc32)C1. The Balaban J connectivity index is 1.27. The van der Waals surface area contributed by atoms with Crippen molar-refractivity contribution in [3.8, 4) is 0 Å². The van der Waals surface area contributed by atoms with Crippen molar-refractivity contribution in [1.82, 2.24) is 19.8 Å². The van der Waals surface area contributed by atoms with E-state index in [4.69, 9.17) is 14.5 Å². The van der Waals surface area contributed by atoms with Crippen molar-refractivity contribution in [2.45, 2.75) is 44.1 Å². The number of likely N-dealkylation sites (tertiary alicyclic amines) is 2. The van der Waals surface area contributed by atoms with Crippen LogP contribution < -0.4 is 5.32 Å². The third kappa shape index (κ3) is 4.18. The van der Waals surface area contributed by atoms with Crippen LogP contribution in [0, 0.1) is 5.92 Å². The summed E-state index contributed by atoms with van der Waals surface area (Å²) in [5.41, 5.74) is 1.94. The van der Waals surface area contributed by atoms with Crippen molar-refractivity contribution < 1.29 is 14.3 Å². The molecule has 164 valence electrons. The van der Waals surface area contributed by atoms with E-state index in [0.717, 1.165) is 69.9 Å². The molecule has 30 heavy (non-hydrogen) atoms. The van der Waals surface area contributed by atoms with Gasteiger partial charge in [-0.1, -0.05) is 0 Å². The van der Waals surface area contributed by atoms with Gasteiger partial charge in [0.15, 0.2) is 0 Å². The van der Waals surface area contributed by atoms with E-state index in [-0.39, 0.29) is 11.3 Å². The number of nitrogens with one attached hydrogen (secondary N) is 1. The van der Waals surface area contributed by atoms with Gasteiger partial charge in [-0.3, -0.25) is 9.69 Å². The first kappa shape index (κ1) is 20.2. The number of amides is 1. The fourth-order valence-electron chi connectivity index (χ4n) is 5.30. The van der Waals surface area contributed by atoms with Crippen LogP contribution in [0.15, 0.2) is 6.20 Å². The number of fused-ring (bicyclic) bond motifs is 2. The summed E-state index contributed by atoms with van der Waals surface area (Å²) >= 11 is 0. The van der Waals surface area contributed by atoms with E-state index in [2.05, 4.69) is 15.2 Å². The highest BCUT2D eigenvalue weighted by Gasteiger charge is 2.46. The zero-order valence-electron chi connectivity index (χ0n) is 17.8. The molecule has 1 spiro atoms. The van der Waals surface area contributed by atoms with Crippen LogP contribution in [0.25, 0.3) is 0 Å². The first-order valence-corrected chi connectivity index (χ1v) is 11.5. The molecule has 8 heteroatoms. The van der Waals surface area contributed by atoms with Crippen LogP contribution in [-0.4, -0.2) is 84.8 Å². The normalized spacial score (nSPS) is 27.5. The molecule has 0 aromatic carbocycles. The summed E-state index contributed by atoms with van der Waals surface area (Å²) in [7, 11) is 0. The second kappa shape index (κ2) is 8.77. The van der Waals surface area contributed by atoms with Gasteiger partial charge in [-0.15, -0.1) is 0 Å². The van der Waals surface area contributed by atoms with Crippen molar-refractivity contribution >= 4 is 11.9 Å². The van der Waals surface area contributed by atoms with Crippen molar-refractivity contribution in [2.75, 3.05) is 64.4 Å². The molecular weight excluding hydrogens is 382 g/mol. The van der Waals surface area contributed by atoms with E-state index in [0.29, 0.717) is 38.2 Å². The van der Waals surface area contributed by atoms with Gasteiger partial charge in [-0.05, 0) is 51.1 Å². The molecule has 0 aliphatic carbocycles. The Hall–Kier alpha value is -1.77. The van der Waals surface area contributed by atoms with E-state index in [1.807, 2.05) is 11.1 Å². The lowest BCUT2D eigenvalue weighted by atomic mass is 9.80. The molecule has 0 saturated carbocycles. The number of hydrogen-bond donors (Lipinski definition) is 1. The van der Waals surface area contributed by atoms with Gasteiger partial charge in [0.1, 0.15) is 0 Å². The van der Waals surface area contributed by atoms with Crippen molar-refractivity contribution in [2.24, 2.45) is 5.92 Å². The summed E-state index contributed by atoms with van der Waals surface area (Å²) in [6, 6.07) is 0. The number of hydrogen-bond acceptors (Lipinski definition) is 7. The minimum absolute atomic E-state index is 0.202. The third-order valence-electron chi connectivity index (χ3n) is 7.16. The number of anilines is 1. The summed E-state index contributed by atoms with van der Waals surface area (Å²) in [5.74, 6) is 1.55. The number of nitrogens with zero attached hydrogens (tertiary/aromatic N) is 4. The third-order valence-corrected chi connectivity index (χ3v) is 7.16. The molecule has 5 rings (SSSR count). The maximum atomic E-state index is 12.9. The van der Waals surface area contributed by atoms with Gasteiger partial charge in [-0.2, -0.15) is 0 Å². The zero-order valence-corrected chi connectivity index (χ0v) is 17.8. The number of ether oxygens (including phenoxy) is 2. The van der Waals surface area contributed by atoms with Crippen LogP contribution in [0.3, 0.4) is 0 Å². The van der Waals surface area contributed by atoms with Crippen molar-refractivity contribution in [3.05, 3.63) is 17.5 Å². The fraction of sp³-hybridized carbons (Fsp3) is 0.773. The fourth-order valence-corrected chi connectivity index (χ4v) is 5.30. The lowest BCUT2D eigenvalue weighted by molar-refractivity contribution is -0.131. The molecule has 1 aromatic rings. The zero-order chi connectivity index (χ0) is 20.4. The van der Waals surface area contributed by atoms with Crippen LogP contribution in [0.2, 0.25) is 0 Å². The maximum absolute atomic E-state index is 12.9. The quantitative estimate of drug-likeness (QED) is 0.779. The molecule has 1 N–H and O–H groups in total. The minimum Gasteiger partial charge on any atom is -0.381 e. The standard InChI is InChI=1S/C22H33N5O3/c28-19(13-26-6-1-2-7-26)27-8-5-22(15-27)16-30-14-18-12-24-21(25-20(18)22)23-11-17-3-9-29-10-4-17/h12,17H,1-11,13-16H2,(H,23,24,25)/t22-/m0/s1. The first-order chi connectivity index (χ1) is 14.7. The predicted octanol–water partition coefficient (Wildman–Crippen LogP) is 1.41. The molecular formula is C22H33N5O3. The van der Waals surface area contributed by atoms with E-state index in [1.165, 1.54) is 12.8 Å². The smallest absolute Gasteiger partial charge is 0.236 e. The highest BCUT2D eigenvalue weighted by Crippen LogP contribution is 2.39. The summed E-state index contributed by atoms with van der Waals surface area (Å²) in [6.07, 6.45) is 7.40. The summed E-state index contributed by atoms with van der Waals surface area (Å²) in [6.45, 7) is 7.88. The molecule has 4 aliphatic rings. The predicted molar refractivity (Wildman–Crippen MR) is 112 cm³/mol. The average Bonchev–Trinajstić information content (AvgIpc) is 3.44. The average molecular weight is 416 g/mol. The molecule has 0 unspecified atom stereocenters. The Kier molecular flexibility index (Phi) is 5.89. The van der Waals surface area contributed by atoms with Gasteiger partial charge >= 0.3 is 0 Å². The number of carbonyl (C=O) groups is 1. The lowest BCUT2D eigenvalue weighted by Crippen LogP contribution is -2.44. The van der Waals surface area contributed by atoms with Gasteiger partial charge in [0.05, 0.1) is 30.9 Å². The maximum Gasteiger partial charge on any atom is 0.236 e. The Bertz CT molecular complexity index is 763. The summed E-state index contributed by atoms with van der Waals surface area (Å²) in [4.78, 5) is 26.7. The second-order valence-electron chi connectivity index (χ2n) is 9.33. The molecule has 3 fully saturated rings. The number of rotatable bonds is 5. The minimum atomic E-state index is -0.202.